The van der Waals surface area contributed by atoms with Crippen LogP contribution in [-0.2, 0) is 4.79 Å². The third kappa shape index (κ3) is 3.68. The summed E-state index contributed by atoms with van der Waals surface area (Å²) in [5.74, 6) is 0.990. The molecule has 2 aliphatic rings. The van der Waals surface area contributed by atoms with E-state index in [1.54, 1.807) is 13.1 Å². The number of likely N-dealkylation sites (tertiary alicyclic amines) is 1. The van der Waals surface area contributed by atoms with Crippen molar-refractivity contribution in [2.24, 2.45) is 4.99 Å². The summed E-state index contributed by atoms with van der Waals surface area (Å²) in [6, 6.07) is 7.38. The Hall–Kier alpha value is -2.11. The number of benzene rings is 1. The molecule has 2 fully saturated rings. The van der Waals surface area contributed by atoms with Crippen molar-refractivity contribution in [1.82, 2.24) is 15.5 Å². The largest absolute Gasteiger partial charge is 0.353 e. The molecule has 3 unspecified atom stereocenters. The first-order chi connectivity index (χ1) is 11.6. The fourth-order valence-electron chi connectivity index (χ4n) is 3.34. The van der Waals surface area contributed by atoms with Crippen molar-refractivity contribution in [1.29, 1.82) is 0 Å². The molecule has 6 heteroatoms. The first kappa shape index (κ1) is 16.7. The van der Waals surface area contributed by atoms with Gasteiger partial charge in [-0.25, -0.2) is 4.39 Å². The second-order valence-electron chi connectivity index (χ2n) is 6.51. The molecule has 1 aromatic rings. The van der Waals surface area contributed by atoms with Gasteiger partial charge in [-0.2, -0.15) is 0 Å². The van der Waals surface area contributed by atoms with E-state index < -0.39 is 0 Å². The highest BCUT2D eigenvalue weighted by atomic mass is 19.1. The van der Waals surface area contributed by atoms with Crippen molar-refractivity contribution in [2.45, 2.75) is 44.2 Å². The van der Waals surface area contributed by atoms with Gasteiger partial charge in [0.2, 0.25) is 5.91 Å². The lowest BCUT2D eigenvalue weighted by atomic mass is 10.1. The second-order valence-corrected chi connectivity index (χ2v) is 6.51. The zero-order valence-electron chi connectivity index (χ0n) is 14.3. The van der Waals surface area contributed by atoms with Gasteiger partial charge in [-0.05, 0) is 24.5 Å². The van der Waals surface area contributed by atoms with E-state index in [-0.39, 0.29) is 29.7 Å². The third-order valence-electron chi connectivity index (χ3n) is 4.83. The quantitative estimate of drug-likeness (QED) is 0.654. The first-order valence-electron chi connectivity index (χ1n) is 8.64. The Bertz CT molecular complexity index is 633. The number of nitrogens with one attached hydrogen (secondary N) is 2. The van der Waals surface area contributed by atoms with Gasteiger partial charge in [0.05, 0.1) is 0 Å². The summed E-state index contributed by atoms with van der Waals surface area (Å²) in [6.07, 6.45) is 2.38. The van der Waals surface area contributed by atoms with Crippen molar-refractivity contribution >= 4 is 11.9 Å². The number of nitrogens with zero attached hydrogens (tertiary/aromatic N) is 2. The number of hydrogen-bond acceptors (Lipinski definition) is 2. The van der Waals surface area contributed by atoms with E-state index in [0.717, 1.165) is 37.5 Å². The van der Waals surface area contributed by atoms with Gasteiger partial charge in [-0.1, -0.05) is 25.1 Å². The Balaban J connectivity index is 1.51. The fourth-order valence-corrected chi connectivity index (χ4v) is 3.34. The summed E-state index contributed by atoms with van der Waals surface area (Å²) in [6.45, 7) is 3.40. The van der Waals surface area contributed by atoms with Crippen LogP contribution in [0, 0.1) is 5.82 Å². The summed E-state index contributed by atoms with van der Waals surface area (Å²) < 4.78 is 13.8. The van der Waals surface area contributed by atoms with Crippen LogP contribution in [0.4, 0.5) is 4.39 Å². The number of hydrogen-bond donors (Lipinski definition) is 2. The molecular weight excluding hydrogens is 307 g/mol. The van der Waals surface area contributed by atoms with Gasteiger partial charge in [-0.15, -0.1) is 0 Å². The summed E-state index contributed by atoms with van der Waals surface area (Å²) in [7, 11) is 1.74. The minimum Gasteiger partial charge on any atom is -0.353 e. The van der Waals surface area contributed by atoms with Gasteiger partial charge < -0.3 is 15.5 Å². The number of carbonyl (C=O) groups excluding carboxylic acids is 1. The van der Waals surface area contributed by atoms with E-state index in [1.807, 2.05) is 24.0 Å². The van der Waals surface area contributed by atoms with Crippen LogP contribution < -0.4 is 10.6 Å². The van der Waals surface area contributed by atoms with Crippen LogP contribution in [0.5, 0.6) is 0 Å². The highest BCUT2D eigenvalue weighted by Gasteiger charge is 2.40. The molecule has 5 nitrogen and oxygen atoms in total. The Morgan fingerprint density at radius 3 is 2.88 bits per heavy atom. The van der Waals surface area contributed by atoms with E-state index in [9.17, 15) is 9.18 Å². The molecule has 130 valence electrons. The van der Waals surface area contributed by atoms with Crippen LogP contribution in [0.25, 0.3) is 0 Å². The van der Waals surface area contributed by atoms with Crippen LogP contribution in [0.15, 0.2) is 29.3 Å². The van der Waals surface area contributed by atoms with E-state index in [1.165, 1.54) is 6.07 Å². The molecule has 24 heavy (non-hydrogen) atoms. The topological polar surface area (TPSA) is 56.7 Å². The molecule has 1 amide bonds. The van der Waals surface area contributed by atoms with Crippen LogP contribution in [0.3, 0.4) is 0 Å². The Kier molecular flexibility index (Phi) is 5.02. The molecule has 1 aliphatic carbocycles. The number of carbonyl (C=O) groups is 1. The highest BCUT2D eigenvalue weighted by Crippen LogP contribution is 2.41. The maximum Gasteiger partial charge on any atom is 0.222 e. The number of guanidine groups is 1. The van der Waals surface area contributed by atoms with Crippen LogP contribution >= 0.6 is 0 Å². The molecule has 0 aromatic heterocycles. The van der Waals surface area contributed by atoms with Gasteiger partial charge >= 0.3 is 0 Å². The maximum atomic E-state index is 13.8. The third-order valence-corrected chi connectivity index (χ3v) is 4.83. The van der Waals surface area contributed by atoms with Gasteiger partial charge in [-0.3, -0.25) is 9.79 Å². The van der Waals surface area contributed by atoms with E-state index in [2.05, 4.69) is 15.6 Å². The lowest BCUT2D eigenvalue weighted by Gasteiger charge is -2.19. The summed E-state index contributed by atoms with van der Waals surface area (Å²) in [5.41, 5.74) is 0.769. The van der Waals surface area contributed by atoms with Gasteiger partial charge in [0.15, 0.2) is 5.96 Å². The molecule has 3 atom stereocenters. The number of rotatable bonds is 4. The molecule has 1 saturated carbocycles. The molecule has 3 rings (SSSR count). The molecular formula is C18H25FN4O. The van der Waals surface area contributed by atoms with Gasteiger partial charge in [0.1, 0.15) is 5.82 Å². The van der Waals surface area contributed by atoms with Crippen LogP contribution in [0.1, 0.15) is 37.7 Å². The molecule has 0 radical (unpaired) electrons. The number of aliphatic imine (C=N–C) groups is 1. The molecule has 1 saturated heterocycles. The van der Waals surface area contributed by atoms with E-state index >= 15 is 0 Å². The normalized spacial score (nSPS) is 26.4. The van der Waals surface area contributed by atoms with Gasteiger partial charge in [0, 0.05) is 44.6 Å². The predicted molar refractivity (Wildman–Crippen MR) is 92.5 cm³/mol. The van der Waals surface area contributed by atoms with Crippen LogP contribution in [-0.4, -0.2) is 49.0 Å². The van der Waals surface area contributed by atoms with Crippen molar-refractivity contribution in [3.05, 3.63) is 35.6 Å². The molecule has 0 spiro atoms. The lowest BCUT2D eigenvalue weighted by Crippen LogP contribution is -2.46. The monoisotopic (exact) mass is 332 g/mol. The predicted octanol–water partition coefficient (Wildman–Crippen LogP) is 1.86. The van der Waals surface area contributed by atoms with Crippen molar-refractivity contribution in [2.75, 3.05) is 20.1 Å². The highest BCUT2D eigenvalue weighted by molar-refractivity contribution is 5.81. The van der Waals surface area contributed by atoms with Gasteiger partial charge in [0.25, 0.3) is 0 Å². The number of halogens is 1. The summed E-state index contributed by atoms with van der Waals surface area (Å²) in [4.78, 5) is 17.9. The molecule has 0 bridgehead atoms. The molecule has 1 aromatic carbocycles. The average molecular weight is 332 g/mol. The second kappa shape index (κ2) is 7.20. The van der Waals surface area contributed by atoms with E-state index in [0.29, 0.717) is 6.42 Å². The van der Waals surface area contributed by atoms with Crippen molar-refractivity contribution in [3.63, 3.8) is 0 Å². The fraction of sp³-hybridized carbons (Fsp3) is 0.556. The SMILES string of the molecule is CCC(=O)N1CCC(NC(=NC)NC2CC2c2ccccc2F)C1. The summed E-state index contributed by atoms with van der Waals surface area (Å²) >= 11 is 0. The Morgan fingerprint density at radius 2 is 2.17 bits per heavy atom. The lowest BCUT2D eigenvalue weighted by molar-refractivity contribution is -0.129. The standard InChI is InChI=1S/C18H25FN4O/c1-3-17(24)23-9-8-12(11-23)21-18(20-2)22-16-10-14(16)13-6-4-5-7-15(13)19/h4-7,12,14,16H,3,8-11H2,1-2H3,(H2,20,21,22). The zero-order chi connectivity index (χ0) is 17.1. The minimum absolute atomic E-state index is 0.140. The smallest absolute Gasteiger partial charge is 0.222 e. The summed E-state index contributed by atoms with van der Waals surface area (Å²) in [5, 5.41) is 6.75. The minimum atomic E-state index is -0.140. The average Bonchev–Trinajstić information content (AvgIpc) is 3.19. The van der Waals surface area contributed by atoms with Crippen LogP contribution in [0.2, 0.25) is 0 Å². The maximum absolute atomic E-state index is 13.8. The van der Waals surface area contributed by atoms with Crippen molar-refractivity contribution < 1.29 is 9.18 Å². The van der Waals surface area contributed by atoms with E-state index in [4.69, 9.17) is 0 Å². The molecule has 1 heterocycles. The Labute approximate surface area is 142 Å². The van der Waals surface area contributed by atoms with Crippen molar-refractivity contribution in [3.8, 4) is 0 Å². The zero-order valence-corrected chi connectivity index (χ0v) is 14.3. The first-order valence-corrected chi connectivity index (χ1v) is 8.64. The number of amides is 1. The Morgan fingerprint density at radius 1 is 1.38 bits per heavy atom. The molecule has 1 aliphatic heterocycles. The molecule has 2 N–H and O–H groups in total.